The van der Waals surface area contributed by atoms with Crippen molar-refractivity contribution in [2.24, 2.45) is 0 Å². The van der Waals surface area contributed by atoms with Crippen LogP contribution >= 0.6 is 0 Å². The van der Waals surface area contributed by atoms with Crippen molar-refractivity contribution in [3.8, 4) is 11.4 Å². The molecule has 10 nitrogen and oxygen atoms in total. The summed E-state index contributed by atoms with van der Waals surface area (Å²) in [6.45, 7) is 5.48. The number of aliphatic hydroxyl groups excluding tert-OH is 1. The van der Waals surface area contributed by atoms with Crippen molar-refractivity contribution in [1.29, 1.82) is 0 Å². The van der Waals surface area contributed by atoms with E-state index >= 15 is 0 Å². The lowest BCUT2D eigenvalue weighted by atomic mass is 10.2. The predicted octanol–water partition coefficient (Wildman–Crippen LogP) is 2.38. The van der Waals surface area contributed by atoms with Gasteiger partial charge in [-0.1, -0.05) is 47.6 Å². The van der Waals surface area contributed by atoms with Crippen molar-refractivity contribution in [3.63, 3.8) is 0 Å². The number of benzene rings is 2. The Morgan fingerprint density at radius 3 is 2.71 bits per heavy atom. The second kappa shape index (κ2) is 11.8. The summed E-state index contributed by atoms with van der Waals surface area (Å²) in [5.41, 5.74) is 1.67. The standard InChI is InChI=1S/C24H29N5O5/c30-22(17-27-11-13-33-14-12-27)18-28(16-19-5-2-1-3-6-19)10-9-23-25-24(26-34-23)20-7-4-8-21(15-20)29(31)32/h1-8,15,22,30H,9-14,16-18H2. The van der Waals surface area contributed by atoms with Gasteiger partial charge in [0.25, 0.3) is 5.69 Å². The van der Waals surface area contributed by atoms with E-state index in [4.69, 9.17) is 9.26 Å². The highest BCUT2D eigenvalue weighted by atomic mass is 16.6. The van der Waals surface area contributed by atoms with E-state index in [9.17, 15) is 15.2 Å². The van der Waals surface area contributed by atoms with Crippen LogP contribution in [0, 0.1) is 10.1 Å². The van der Waals surface area contributed by atoms with Crippen molar-refractivity contribution >= 4 is 5.69 Å². The maximum atomic E-state index is 11.0. The third-order valence-electron chi connectivity index (χ3n) is 5.72. The van der Waals surface area contributed by atoms with Gasteiger partial charge in [-0.25, -0.2) is 0 Å². The summed E-state index contributed by atoms with van der Waals surface area (Å²) in [5, 5.41) is 25.8. The molecule has 3 aromatic rings. The zero-order valence-corrected chi connectivity index (χ0v) is 19.0. The molecule has 1 aliphatic rings. The van der Waals surface area contributed by atoms with E-state index in [1.165, 1.54) is 12.1 Å². The number of aromatic nitrogens is 2. The van der Waals surface area contributed by atoms with Crippen LogP contribution in [0.1, 0.15) is 11.5 Å². The van der Waals surface area contributed by atoms with Crippen molar-refractivity contribution in [3.05, 3.63) is 76.2 Å². The zero-order chi connectivity index (χ0) is 23.8. The number of hydrogen-bond acceptors (Lipinski definition) is 9. The minimum absolute atomic E-state index is 0.0212. The quantitative estimate of drug-likeness (QED) is 0.335. The average Bonchev–Trinajstić information content (AvgIpc) is 3.33. The SMILES string of the molecule is O=[N+]([O-])c1cccc(-c2noc(CCN(Cc3ccccc3)CC(O)CN3CCOCC3)n2)c1. The van der Waals surface area contributed by atoms with E-state index in [1.807, 2.05) is 18.2 Å². The van der Waals surface area contributed by atoms with Gasteiger partial charge in [0.15, 0.2) is 0 Å². The third-order valence-corrected chi connectivity index (χ3v) is 5.72. The molecule has 0 aliphatic carbocycles. The second-order valence-electron chi connectivity index (χ2n) is 8.36. The number of ether oxygens (including phenoxy) is 1. The first-order valence-corrected chi connectivity index (χ1v) is 11.4. The molecule has 180 valence electrons. The van der Waals surface area contributed by atoms with Crippen LogP contribution in [-0.4, -0.2) is 82.0 Å². The van der Waals surface area contributed by atoms with Crippen LogP contribution < -0.4 is 0 Å². The molecule has 1 N–H and O–H groups in total. The molecule has 2 aromatic carbocycles. The van der Waals surface area contributed by atoms with Gasteiger partial charge in [0.2, 0.25) is 11.7 Å². The number of β-amino-alcohol motifs (C(OH)–C–C–N with tert-alkyl or cyclic N) is 1. The molecule has 1 saturated heterocycles. The van der Waals surface area contributed by atoms with E-state index in [-0.39, 0.29) is 5.69 Å². The van der Waals surface area contributed by atoms with Gasteiger partial charge < -0.3 is 14.4 Å². The summed E-state index contributed by atoms with van der Waals surface area (Å²) in [6.07, 6.45) is 0.00360. The molecule has 10 heteroatoms. The first-order chi connectivity index (χ1) is 16.6. The van der Waals surface area contributed by atoms with Crippen LogP contribution in [0.4, 0.5) is 5.69 Å². The number of non-ortho nitro benzene ring substituents is 1. The minimum Gasteiger partial charge on any atom is -0.390 e. The predicted molar refractivity (Wildman–Crippen MR) is 125 cm³/mol. The van der Waals surface area contributed by atoms with Gasteiger partial charge in [0, 0.05) is 63.4 Å². The molecule has 1 unspecified atom stereocenters. The highest BCUT2D eigenvalue weighted by molar-refractivity contribution is 5.58. The van der Waals surface area contributed by atoms with Gasteiger partial charge in [-0.3, -0.25) is 19.9 Å². The topological polar surface area (TPSA) is 118 Å². The van der Waals surface area contributed by atoms with Crippen molar-refractivity contribution in [1.82, 2.24) is 19.9 Å². The lowest BCUT2D eigenvalue weighted by molar-refractivity contribution is -0.384. The monoisotopic (exact) mass is 467 g/mol. The van der Waals surface area contributed by atoms with E-state index in [2.05, 4.69) is 32.1 Å². The maximum absolute atomic E-state index is 11.0. The van der Waals surface area contributed by atoms with E-state index < -0.39 is 11.0 Å². The van der Waals surface area contributed by atoms with Gasteiger partial charge in [-0.2, -0.15) is 4.98 Å². The summed E-state index contributed by atoms with van der Waals surface area (Å²) in [7, 11) is 0. The molecule has 1 fully saturated rings. The molecule has 1 atom stereocenters. The summed E-state index contributed by atoms with van der Waals surface area (Å²) >= 11 is 0. The van der Waals surface area contributed by atoms with Crippen LogP contribution in [-0.2, 0) is 17.7 Å². The Bertz CT molecular complexity index is 1050. The fourth-order valence-corrected chi connectivity index (χ4v) is 4.00. The molecule has 4 rings (SSSR count). The zero-order valence-electron chi connectivity index (χ0n) is 19.0. The Kier molecular flexibility index (Phi) is 8.31. The normalized spacial score (nSPS) is 15.5. The summed E-state index contributed by atoms with van der Waals surface area (Å²) in [5.74, 6) is 0.767. The average molecular weight is 468 g/mol. The summed E-state index contributed by atoms with van der Waals surface area (Å²) in [6, 6.07) is 16.3. The molecular formula is C24H29N5O5. The van der Waals surface area contributed by atoms with Crippen LogP contribution in [0.25, 0.3) is 11.4 Å². The third kappa shape index (κ3) is 6.91. The Hall–Kier alpha value is -3.18. The highest BCUT2D eigenvalue weighted by Gasteiger charge is 2.19. The Morgan fingerprint density at radius 2 is 1.94 bits per heavy atom. The molecule has 0 amide bonds. The van der Waals surface area contributed by atoms with Gasteiger partial charge >= 0.3 is 0 Å². The Labute approximate surface area is 197 Å². The molecule has 0 bridgehead atoms. The number of rotatable bonds is 11. The molecule has 0 saturated carbocycles. The number of hydrogen-bond donors (Lipinski definition) is 1. The summed E-state index contributed by atoms with van der Waals surface area (Å²) in [4.78, 5) is 19.4. The smallest absolute Gasteiger partial charge is 0.270 e. The van der Waals surface area contributed by atoms with E-state index in [0.29, 0.717) is 63.1 Å². The molecule has 1 aromatic heterocycles. The minimum atomic E-state index is -0.495. The van der Waals surface area contributed by atoms with Crippen molar-refractivity contribution < 1.29 is 19.3 Å². The molecule has 2 heterocycles. The highest BCUT2D eigenvalue weighted by Crippen LogP contribution is 2.21. The number of nitro groups is 1. The molecular weight excluding hydrogens is 438 g/mol. The Morgan fingerprint density at radius 1 is 1.15 bits per heavy atom. The van der Waals surface area contributed by atoms with Crippen molar-refractivity contribution in [2.75, 3.05) is 45.9 Å². The number of morpholine rings is 1. The van der Waals surface area contributed by atoms with Crippen LogP contribution in [0.5, 0.6) is 0 Å². The first kappa shape index (κ1) is 24.0. The fraction of sp³-hybridized carbons (Fsp3) is 0.417. The molecule has 1 aliphatic heterocycles. The number of nitro benzene ring substituents is 1. The van der Waals surface area contributed by atoms with Gasteiger partial charge in [-0.15, -0.1) is 0 Å². The van der Waals surface area contributed by atoms with Crippen LogP contribution in [0.2, 0.25) is 0 Å². The van der Waals surface area contributed by atoms with E-state index in [1.54, 1.807) is 12.1 Å². The van der Waals surface area contributed by atoms with Gasteiger partial charge in [0.1, 0.15) is 0 Å². The van der Waals surface area contributed by atoms with Crippen molar-refractivity contribution in [2.45, 2.75) is 19.1 Å². The first-order valence-electron chi connectivity index (χ1n) is 11.4. The largest absolute Gasteiger partial charge is 0.390 e. The van der Waals surface area contributed by atoms with Gasteiger partial charge in [-0.05, 0) is 5.56 Å². The molecule has 0 radical (unpaired) electrons. The second-order valence-corrected chi connectivity index (χ2v) is 8.36. The number of nitrogens with zero attached hydrogens (tertiary/aromatic N) is 5. The number of aliphatic hydroxyl groups is 1. The van der Waals surface area contributed by atoms with Crippen LogP contribution in [0.3, 0.4) is 0 Å². The molecule has 34 heavy (non-hydrogen) atoms. The van der Waals surface area contributed by atoms with Gasteiger partial charge in [0.05, 0.1) is 24.2 Å². The lowest BCUT2D eigenvalue weighted by Gasteiger charge is -2.31. The summed E-state index contributed by atoms with van der Waals surface area (Å²) < 4.78 is 10.8. The maximum Gasteiger partial charge on any atom is 0.270 e. The lowest BCUT2D eigenvalue weighted by Crippen LogP contribution is -2.44. The van der Waals surface area contributed by atoms with Crippen LogP contribution in [0.15, 0.2) is 59.1 Å². The Balaban J connectivity index is 1.39. The van der Waals surface area contributed by atoms with E-state index in [0.717, 1.165) is 18.7 Å². The fourth-order valence-electron chi connectivity index (χ4n) is 4.00. The molecule has 0 spiro atoms.